The van der Waals surface area contributed by atoms with Crippen molar-refractivity contribution in [2.24, 2.45) is 0 Å². The van der Waals surface area contributed by atoms with Gasteiger partial charge in [-0.05, 0) is 44.2 Å². The number of esters is 2. The lowest BCUT2D eigenvalue weighted by atomic mass is 10.1. The highest BCUT2D eigenvalue weighted by Gasteiger charge is 2.26. The van der Waals surface area contributed by atoms with E-state index in [2.05, 4.69) is 5.10 Å². The highest BCUT2D eigenvalue weighted by atomic mass is 35.5. The lowest BCUT2D eigenvalue weighted by Gasteiger charge is -2.06. The van der Waals surface area contributed by atoms with E-state index < -0.39 is 17.8 Å². The summed E-state index contributed by atoms with van der Waals surface area (Å²) in [6.45, 7) is 3.23. The maximum atomic E-state index is 13.2. The molecule has 0 amide bonds. The molecule has 9 heteroatoms. The van der Waals surface area contributed by atoms with E-state index in [0.29, 0.717) is 27.9 Å². The lowest BCUT2D eigenvalue weighted by Crippen LogP contribution is -2.10. The number of aromatic nitrogens is 2. The Morgan fingerprint density at radius 3 is 2.53 bits per heavy atom. The van der Waals surface area contributed by atoms with Gasteiger partial charge in [-0.3, -0.25) is 0 Å². The molecule has 0 aliphatic rings. The molecule has 0 N–H and O–H groups in total. The molecule has 0 aliphatic heterocycles. The van der Waals surface area contributed by atoms with Gasteiger partial charge in [0.2, 0.25) is 5.76 Å². The number of fused-ring (bicyclic) bond motifs is 1. The molecule has 0 atom stereocenters. The summed E-state index contributed by atoms with van der Waals surface area (Å²) in [5, 5.41) is 4.93. The third-order valence-corrected chi connectivity index (χ3v) is 5.14. The van der Waals surface area contributed by atoms with Crippen molar-refractivity contribution in [1.29, 1.82) is 0 Å². The molecule has 0 saturated carbocycles. The van der Waals surface area contributed by atoms with Gasteiger partial charge in [-0.1, -0.05) is 29.8 Å². The molecule has 0 saturated heterocycles. The molecule has 2 aromatic heterocycles. The molecular formula is C23H18ClFN2O5. The molecule has 0 spiro atoms. The summed E-state index contributed by atoms with van der Waals surface area (Å²) in [6.07, 6.45) is 0. The minimum Gasteiger partial charge on any atom is -0.460 e. The highest BCUT2D eigenvalue weighted by Crippen LogP contribution is 2.29. The van der Waals surface area contributed by atoms with Crippen LogP contribution in [0.4, 0.5) is 4.39 Å². The number of benzene rings is 2. The number of hydrogen-bond acceptors (Lipinski definition) is 6. The minimum absolute atomic E-state index is 0.0225. The third-order valence-electron chi connectivity index (χ3n) is 4.79. The molecule has 0 aliphatic carbocycles. The van der Waals surface area contributed by atoms with Gasteiger partial charge in [0, 0.05) is 5.39 Å². The number of aryl methyl sites for hydroxylation is 1. The van der Waals surface area contributed by atoms with Crippen LogP contribution in [0, 0.1) is 12.7 Å². The van der Waals surface area contributed by atoms with Crippen LogP contribution < -0.4 is 0 Å². The van der Waals surface area contributed by atoms with Crippen LogP contribution >= 0.6 is 11.6 Å². The van der Waals surface area contributed by atoms with E-state index in [1.807, 2.05) is 0 Å². The number of halogens is 2. The Balaban J connectivity index is 1.62. The van der Waals surface area contributed by atoms with Gasteiger partial charge in [0.05, 0.1) is 23.6 Å². The molecule has 0 bridgehead atoms. The Morgan fingerprint density at radius 1 is 1.09 bits per heavy atom. The van der Waals surface area contributed by atoms with Crippen molar-refractivity contribution in [2.75, 3.05) is 6.61 Å². The highest BCUT2D eigenvalue weighted by molar-refractivity contribution is 6.33. The van der Waals surface area contributed by atoms with Gasteiger partial charge >= 0.3 is 11.9 Å². The van der Waals surface area contributed by atoms with E-state index in [-0.39, 0.29) is 29.7 Å². The molecule has 2 heterocycles. The molecule has 0 unspecified atom stereocenters. The first-order valence-electron chi connectivity index (χ1n) is 9.76. The Morgan fingerprint density at radius 2 is 1.81 bits per heavy atom. The van der Waals surface area contributed by atoms with Crippen LogP contribution in [-0.4, -0.2) is 28.3 Å². The number of nitrogens with zero attached hydrogens (tertiary/aromatic N) is 2. The molecule has 2 aromatic carbocycles. The predicted octanol–water partition coefficient (Wildman–Crippen LogP) is 5.25. The number of para-hydroxylation sites is 1. The molecule has 4 aromatic rings. The molecule has 7 nitrogen and oxygen atoms in total. The summed E-state index contributed by atoms with van der Waals surface area (Å²) in [7, 11) is 0. The monoisotopic (exact) mass is 456 g/mol. The van der Waals surface area contributed by atoms with Gasteiger partial charge in [-0.25, -0.2) is 18.7 Å². The van der Waals surface area contributed by atoms with Gasteiger partial charge in [0.15, 0.2) is 0 Å². The van der Waals surface area contributed by atoms with E-state index in [4.69, 9.17) is 25.5 Å². The van der Waals surface area contributed by atoms with Crippen LogP contribution in [0.2, 0.25) is 5.15 Å². The first-order chi connectivity index (χ1) is 15.4. The topological polar surface area (TPSA) is 83.6 Å². The van der Waals surface area contributed by atoms with E-state index in [1.165, 1.54) is 28.9 Å². The zero-order valence-corrected chi connectivity index (χ0v) is 18.0. The van der Waals surface area contributed by atoms with Gasteiger partial charge in [0.25, 0.3) is 0 Å². The van der Waals surface area contributed by atoms with Crippen molar-refractivity contribution in [3.63, 3.8) is 0 Å². The number of hydrogen-bond donors (Lipinski definition) is 0. The van der Waals surface area contributed by atoms with Crippen LogP contribution in [0.5, 0.6) is 0 Å². The molecule has 32 heavy (non-hydrogen) atoms. The second-order valence-electron chi connectivity index (χ2n) is 6.84. The number of rotatable bonds is 6. The van der Waals surface area contributed by atoms with Crippen molar-refractivity contribution in [3.8, 4) is 5.69 Å². The second-order valence-corrected chi connectivity index (χ2v) is 7.20. The smallest absolute Gasteiger partial charge is 0.374 e. The van der Waals surface area contributed by atoms with Crippen LogP contribution in [-0.2, 0) is 16.1 Å². The first-order valence-corrected chi connectivity index (χ1v) is 10.1. The molecule has 4 rings (SSSR count). The van der Waals surface area contributed by atoms with Gasteiger partial charge in [-0.15, -0.1) is 0 Å². The number of carbonyl (C=O) groups is 2. The van der Waals surface area contributed by atoms with E-state index >= 15 is 0 Å². The number of ether oxygens (including phenoxy) is 2. The molecular weight excluding hydrogens is 439 g/mol. The van der Waals surface area contributed by atoms with Crippen molar-refractivity contribution in [2.45, 2.75) is 20.5 Å². The first kappa shape index (κ1) is 21.6. The summed E-state index contributed by atoms with van der Waals surface area (Å²) in [5.74, 6) is -1.79. The summed E-state index contributed by atoms with van der Waals surface area (Å²) >= 11 is 6.39. The average Bonchev–Trinajstić information content (AvgIpc) is 3.30. The minimum atomic E-state index is -0.721. The third kappa shape index (κ3) is 3.97. The zero-order valence-electron chi connectivity index (χ0n) is 17.2. The fraction of sp³-hybridized carbons (Fsp3) is 0.174. The predicted molar refractivity (Wildman–Crippen MR) is 115 cm³/mol. The summed E-state index contributed by atoms with van der Waals surface area (Å²) in [6, 6.07) is 12.5. The SMILES string of the molecule is CCOC(=O)c1oc2ccccc2c1COC(=O)c1c(C)nn(-c2ccc(F)cc2)c1Cl. The maximum Gasteiger partial charge on any atom is 0.374 e. The van der Waals surface area contributed by atoms with Crippen molar-refractivity contribution >= 4 is 34.5 Å². The van der Waals surface area contributed by atoms with Gasteiger partial charge in [0.1, 0.15) is 28.7 Å². The van der Waals surface area contributed by atoms with Crippen molar-refractivity contribution in [3.05, 3.63) is 82.1 Å². The lowest BCUT2D eigenvalue weighted by molar-refractivity contribution is 0.0435. The Hall–Kier alpha value is -3.65. The summed E-state index contributed by atoms with van der Waals surface area (Å²) < 4.78 is 30.7. The van der Waals surface area contributed by atoms with Crippen molar-refractivity contribution < 1.29 is 27.9 Å². The van der Waals surface area contributed by atoms with Gasteiger partial charge < -0.3 is 13.9 Å². The second kappa shape index (κ2) is 8.84. The molecule has 0 radical (unpaired) electrons. The Kier molecular flexibility index (Phi) is 5.96. The fourth-order valence-corrected chi connectivity index (χ4v) is 3.65. The van der Waals surface area contributed by atoms with Crippen LogP contribution in [0.1, 0.15) is 39.1 Å². The van der Waals surface area contributed by atoms with Crippen LogP contribution in [0.3, 0.4) is 0 Å². The van der Waals surface area contributed by atoms with Crippen LogP contribution in [0.15, 0.2) is 52.9 Å². The molecule has 164 valence electrons. The fourth-order valence-electron chi connectivity index (χ4n) is 3.30. The quantitative estimate of drug-likeness (QED) is 0.368. The Bertz CT molecular complexity index is 1310. The maximum absolute atomic E-state index is 13.2. The average molecular weight is 457 g/mol. The normalized spacial score (nSPS) is 11.0. The summed E-state index contributed by atoms with van der Waals surface area (Å²) in [4.78, 5) is 25.2. The van der Waals surface area contributed by atoms with E-state index in [9.17, 15) is 14.0 Å². The number of furan rings is 1. The van der Waals surface area contributed by atoms with E-state index in [0.717, 1.165) is 0 Å². The van der Waals surface area contributed by atoms with Crippen molar-refractivity contribution in [1.82, 2.24) is 9.78 Å². The standard InChI is InChI=1S/C23H18ClFN2O5/c1-3-30-23(29)20-17(16-6-4-5-7-18(16)32-20)12-31-22(28)19-13(2)26-27(21(19)24)15-10-8-14(25)9-11-15/h4-11H,3,12H2,1-2H3. The zero-order chi connectivity index (χ0) is 22.8. The Labute approximate surface area is 187 Å². The molecule has 0 fully saturated rings. The van der Waals surface area contributed by atoms with Gasteiger partial charge in [-0.2, -0.15) is 5.10 Å². The van der Waals surface area contributed by atoms with E-state index in [1.54, 1.807) is 38.1 Å². The van der Waals surface area contributed by atoms with Crippen LogP contribution in [0.25, 0.3) is 16.7 Å². The summed E-state index contributed by atoms with van der Waals surface area (Å²) in [5.41, 5.74) is 1.77. The number of carbonyl (C=O) groups excluding carboxylic acids is 2. The largest absolute Gasteiger partial charge is 0.460 e.